The fraction of sp³-hybridized carbons (Fsp3) is 0.917. The van der Waals surface area contributed by atoms with Crippen LogP contribution < -0.4 is 5.73 Å². The van der Waals surface area contributed by atoms with Gasteiger partial charge in [-0.2, -0.15) is 0 Å². The fourth-order valence-electron chi connectivity index (χ4n) is 2.70. The molecule has 106 valence electrons. The minimum absolute atomic E-state index is 0.0368. The zero-order valence-corrected chi connectivity index (χ0v) is 10.7. The number of aliphatic hydroxyl groups excluding tert-OH is 1. The van der Waals surface area contributed by atoms with E-state index in [1.54, 1.807) is 0 Å². The predicted octanol–water partition coefficient (Wildman–Crippen LogP) is 0.836. The van der Waals surface area contributed by atoms with E-state index in [0.29, 0.717) is 18.8 Å². The smallest absolute Gasteiger partial charge is 0.255 e. The molecule has 0 aromatic carbocycles. The molecule has 3 unspecified atom stereocenters. The monoisotopic (exact) mass is 264 g/mol. The van der Waals surface area contributed by atoms with Crippen LogP contribution in [0.25, 0.3) is 0 Å². The average molecular weight is 264 g/mol. The Balaban J connectivity index is 2.63. The third kappa shape index (κ3) is 4.49. The van der Waals surface area contributed by atoms with Gasteiger partial charge in [-0.15, -0.1) is 0 Å². The Kier molecular flexibility index (Phi) is 5.95. The van der Waals surface area contributed by atoms with Gasteiger partial charge in [-0.3, -0.25) is 4.79 Å². The van der Waals surface area contributed by atoms with Gasteiger partial charge in [0.1, 0.15) is 0 Å². The van der Waals surface area contributed by atoms with Crippen molar-refractivity contribution in [1.29, 1.82) is 0 Å². The largest absolute Gasteiger partial charge is 0.395 e. The number of rotatable bonds is 5. The quantitative estimate of drug-likeness (QED) is 0.773. The molecule has 1 saturated carbocycles. The summed E-state index contributed by atoms with van der Waals surface area (Å²) < 4.78 is 24.8. The molecule has 3 atom stereocenters. The third-order valence-electron chi connectivity index (χ3n) is 3.37. The number of nitrogens with two attached hydrogens (primary N) is 1. The van der Waals surface area contributed by atoms with Crippen molar-refractivity contribution in [3.8, 4) is 0 Å². The van der Waals surface area contributed by atoms with Crippen LogP contribution in [0.4, 0.5) is 8.78 Å². The Bertz CT molecular complexity index is 260. The van der Waals surface area contributed by atoms with Crippen LogP contribution in [0.1, 0.15) is 26.2 Å². The van der Waals surface area contributed by atoms with Gasteiger partial charge in [0.15, 0.2) is 0 Å². The highest BCUT2D eigenvalue weighted by Crippen LogP contribution is 2.29. The van der Waals surface area contributed by atoms with Crippen molar-refractivity contribution in [3.05, 3.63) is 0 Å². The number of amides is 1. The predicted molar refractivity (Wildman–Crippen MR) is 64.2 cm³/mol. The number of alkyl halides is 2. The first-order valence-corrected chi connectivity index (χ1v) is 6.37. The Morgan fingerprint density at radius 1 is 1.44 bits per heavy atom. The van der Waals surface area contributed by atoms with E-state index in [-0.39, 0.29) is 31.0 Å². The molecule has 0 aromatic heterocycles. The summed E-state index contributed by atoms with van der Waals surface area (Å²) >= 11 is 0. The molecule has 0 aromatic rings. The van der Waals surface area contributed by atoms with E-state index >= 15 is 0 Å². The summed E-state index contributed by atoms with van der Waals surface area (Å²) in [4.78, 5) is 13.2. The van der Waals surface area contributed by atoms with Crippen molar-refractivity contribution in [1.82, 2.24) is 4.90 Å². The van der Waals surface area contributed by atoms with Crippen LogP contribution in [0.2, 0.25) is 0 Å². The summed E-state index contributed by atoms with van der Waals surface area (Å²) in [6.07, 6.45) is -0.458. The van der Waals surface area contributed by atoms with Crippen molar-refractivity contribution < 1.29 is 18.7 Å². The molecule has 0 heterocycles. The average Bonchev–Trinajstić information content (AvgIpc) is 2.25. The van der Waals surface area contributed by atoms with Gasteiger partial charge < -0.3 is 15.7 Å². The number of carbonyl (C=O) groups excluding carboxylic acids is 1. The fourth-order valence-corrected chi connectivity index (χ4v) is 2.70. The molecule has 0 spiro atoms. The molecule has 1 aliphatic rings. The first-order valence-electron chi connectivity index (χ1n) is 6.37. The molecule has 0 aliphatic heterocycles. The molecule has 1 fully saturated rings. The summed E-state index contributed by atoms with van der Waals surface area (Å²) in [7, 11) is 0. The van der Waals surface area contributed by atoms with E-state index in [4.69, 9.17) is 10.8 Å². The standard InChI is InChI=1S/C12H22F2N2O2/c1-8-4-9(6-10(15)5-8)12(18)16(2-3-17)7-11(13)14/h8-11,17H,2-7,15H2,1H3. The second-order valence-corrected chi connectivity index (χ2v) is 5.17. The van der Waals surface area contributed by atoms with E-state index in [1.807, 2.05) is 6.92 Å². The lowest BCUT2D eigenvalue weighted by molar-refractivity contribution is -0.139. The molecular weight excluding hydrogens is 242 g/mol. The summed E-state index contributed by atoms with van der Waals surface area (Å²) in [5.41, 5.74) is 5.86. The van der Waals surface area contributed by atoms with Crippen molar-refractivity contribution in [2.24, 2.45) is 17.6 Å². The molecule has 1 rings (SSSR count). The molecular formula is C12H22F2N2O2. The minimum atomic E-state index is -2.57. The zero-order valence-electron chi connectivity index (χ0n) is 10.7. The van der Waals surface area contributed by atoms with Crippen molar-refractivity contribution in [2.75, 3.05) is 19.7 Å². The van der Waals surface area contributed by atoms with Gasteiger partial charge in [-0.1, -0.05) is 6.92 Å². The van der Waals surface area contributed by atoms with Crippen LogP contribution in [-0.2, 0) is 4.79 Å². The molecule has 4 nitrogen and oxygen atoms in total. The first kappa shape index (κ1) is 15.3. The molecule has 0 radical (unpaired) electrons. The number of aliphatic hydroxyl groups is 1. The van der Waals surface area contributed by atoms with Gasteiger partial charge in [0.2, 0.25) is 5.91 Å². The second-order valence-electron chi connectivity index (χ2n) is 5.17. The first-order chi connectivity index (χ1) is 8.43. The number of carbonyl (C=O) groups is 1. The molecule has 0 saturated heterocycles. The maximum Gasteiger partial charge on any atom is 0.255 e. The van der Waals surface area contributed by atoms with Gasteiger partial charge in [-0.25, -0.2) is 8.78 Å². The molecule has 18 heavy (non-hydrogen) atoms. The van der Waals surface area contributed by atoms with E-state index in [0.717, 1.165) is 11.3 Å². The number of nitrogens with zero attached hydrogens (tertiary/aromatic N) is 1. The van der Waals surface area contributed by atoms with Gasteiger partial charge in [0.25, 0.3) is 6.43 Å². The Hall–Kier alpha value is -0.750. The minimum Gasteiger partial charge on any atom is -0.395 e. The normalized spacial score (nSPS) is 28.4. The van der Waals surface area contributed by atoms with Gasteiger partial charge >= 0.3 is 0 Å². The van der Waals surface area contributed by atoms with Crippen LogP contribution in [-0.4, -0.2) is 48.1 Å². The van der Waals surface area contributed by atoms with Crippen LogP contribution >= 0.6 is 0 Å². The Labute approximate surface area is 106 Å². The third-order valence-corrected chi connectivity index (χ3v) is 3.37. The van der Waals surface area contributed by atoms with Crippen molar-refractivity contribution >= 4 is 5.91 Å². The van der Waals surface area contributed by atoms with Crippen molar-refractivity contribution in [2.45, 2.75) is 38.7 Å². The van der Waals surface area contributed by atoms with Crippen LogP contribution in [0.3, 0.4) is 0 Å². The highest BCUT2D eigenvalue weighted by atomic mass is 19.3. The Morgan fingerprint density at radius 2 is 2.11 bits per heavy atom. The SMILES string of the molecule is CC1CC(N)CC(C(=O)N(CCO)CC(F)F)C1. The maximum absolute atomic E-state index is 12.4. The van der Waals surface area contributed by atoms with Crippen LogP contribution in [0.15, 0.2) is 0 Å². The zero-order chi connectivity index (χ0) is 13.7. The lowest BCUT2D eigenvalue weighted by atomic mass is 9.79. The van der Waals surface area contributed by atoms with Crippen LogP contribution in [0.5, 0.6) is 0 Å². The van der Waals surface area contributed by atoms with E-state index < -0.39 is 13.0 Å². The van der Waals surface area contributed by atoms with E-state index in [9.17, 15) is 13.6 Å². The summed E-state index contributed by atoms with van der Waals surface area (Å²) in [5.74, 6) is -0.245. The Morgan fingerprint density at radius 3 is 2.61 bits per heavy atom. The van der Waals surface area contributed by atoms with Crippen molar-refractivity contribution in [3.63, 3.8) is 0 Å². The number of hydrogen-bond acceptors (Lipinski definition) is 3. The summed E-state index contributed by atoms with van der Waals surface area (Å²) in [6.45, 7) is 1.07. The molecule has 6 heteroatoms. The molecule has 1 aliphatic carbocycles. The maximum atomic E-state index is 12.4. The highest BCUT2D eigenvalue weighted by Gasteiger charge is 2.32. The van der Waals surface area contributed by atoms with E-state index in [1.165, 1.54) is 0 Å². The second kappa shape index (κ2) is 6.99. The van der Waals surface area contributed by atoms with Gasteiger partial charge in [-0.05, 0) is 25.2 Å². The lowest BCUT2D eigenvalue weighted by Crippen LogP contribution is -2.45. The van der Waals surface area contributed by atoms with Gasteiger partial charge in [0.05, 0.1) is 13.2 Å². The summed E-state index contributed by atoms with van der Waals surface area (Å²) in [5, 5.41) is 8.84. The molecule has 3 N–H and O–H groups in total. The number of halogens is 2. The van der Waals surface area contributed by atoms with Gasteiger partial charge in [0, 0.05) is 18.5 Å². The topological polar surface area (TPSA) is 66.6 Å². The highest BCUT2D eigenvalue weighted by molar-refractivity contribution is 5.79. The molecule has 1 amide bonds. The number of hydrogen-bond donors (Lipinski definition) is 2. The lowest BCUT2D eigenvalue weighted by Gasteiger charge is -2.34. The van der Waals surface area contributed by atoms with Crippen LogP contribution in [0, 0.1) is 11.8 Å². The molecule has 0 bridgehead atoms. The van der Waals surface area contributed by atoms with E-state index in [2.05, 4.69) is 0 Å². The summed E-state index contributed by atoms with van der Waals surface area (Å²) in [6, 6.07) is -0.0368.